The van der Waals surface area contributed by atoms with Crippen LogP contribution in [-0.4, -0.2) is 36.4 Å². The van der Waals surface area contributed by atoms with Crippen molar-refractivity contribution < 1.29 is 24.2 Å². The van der Waals surface area contributed by atoms with E-state index in [1.165, 1.54) is 70.6 Å². The molecule has 0 aromatic rings. The van der Waals surface area contributed by atoms with Gasteiger partial charge in [0.2, 0.25) is 0 Å². The third-order valence-corrected chi connectivity index (χ3v) is 7.86. The molecule has 0 aromatic carbocycles. The minimum Gasteiger partial charge on any atom is -0.462 e. The van der Waals surface area contributed by atoms with Crippen LogP contribution in [0.3, 0.4) is 0 Å². The summed E-state index contributed by atoms with van der Waals surface area (Å²) < 4.78 is 10.5. The summed E-state index contributed by atoms with van der Waals surface area (Å²) >= 11 is 0. The van der Waals surface area contributed by atoms with E-state index in [0.717, 1.165) is 44.9 Å². The predicted molar refractivity (Wildman–Crippen MR) is 214 cm³/mol. The molecule has 0 saturated heterocycles. The Morgan fingerprint density at radius 2 is 0.840 bits per heavy atom. The van der Waals surface area contributed by atoms with Gasteiger partial charge in [0.05, 0.1) is 6.61 Å². The zero-order valence-electron chi connectivity index (χ0n) is 31.9. The van der Waals surface area contributed by atoms with E-state index >= 15 is 0 Å². The monoisotopic (exact) mass is 693 g/mol. The maximum atomic E-state index is 12.1. The Morgan fingerprint density at radius 1 is 0.460 bits per heavy atom. The fourth-order valence-electron chi connectivity index (χ4n) is 4.84. The Morgan fingerprint density at radius 3 is 1.32 bits per heavy atom. The lowest BCUT2D eigenvalue weighted by Gasteiger charge is -2.15. The number of aliphatic hydroxyl groups is 1. The number of esters is 2. The fourth-order valence-corrected chi connectivity index (χ4v) is 4.84. The first-order chi connectivity index (χ1) is 24.6. The smallest absolute Gasteiger partial charge is 0.306 e. The Kier molecular flexibility index (Phi) is 37.7. The van der Waals surface area contributed by atoms with E-state index in [9.17, 15) is 14.7 Å². The second-order valence-corrected chi connectivity index (χ2v) is 12.6. The maximum Gasteiger partial charge on any atom is 0.306 e. The molecule has 0 aliphatic rings. The molecular weight excluding hydrogens is 620 g/mol. The van der Waals surface area contributed by atoms with Gasteiger partial charge in [0.1, 0.15) is 6.61 Å². The van der Waals surface area contributed by atoms with Crippen molar-refractivity contribution in [3.8, 4) is 0 Å². The summed E-state index contributed by atoms with van der Waals surface area (Å²) in [6.07, 6.45) is 56.2. The third kappa shape index (κ3) is 37.6. The van der Waals surface area contributed by atoms with Crippen molar-refractivity contribution in [3.05, 3.63) is 97.2 Å². The highest BCUT2D eigenvalue weighted by Gasteiger charge is 2.15. The summed E-state index contributed by atoms with van der Waals surface area (Å²) in [6, 6.07) is 0. The topological polar surface area (TPSA) is 72.8 Å². The molecule has 0 spiro atoms. The van der Waals surface area contributed by atoms with Crippen molar-refractivity contribution >= 4 is 11.9 Å². The van der Waals surface area contributed by atoms with Crippen molar-refractivity contribution in [1.29, 1.82) is 0 Å². The fraction of sp³-hybridized carbons (Fsp3) is 0.600. The molecule has 50 heavy (non-hydrogen) atoms. The lowest BCUT2D eigenvalue weighted by atomic mass is 10.1. The number of hydrogen-bond acceptors (Lipinski definition) is 5. The second kappa shape index (κ2) is 40.3. The predicted octanol–water partition coefficient (Wildman–Crippen LogP) is 12.5. The van der Waals surface area contributed by atoms with E-state index in [1.54, 1.807) is 0 Å². The van der Waals surface area contributed by atoms with Gasteiger partial charge in [0.25, 0.3) is 0 Å². The molecule has 1 N–H and O–H groups in total. The van der Waals surface area contributed by atoms with Gasteiger partial charge in [-0.2, -0.15) is 0 Å². The molecule has 1 atom stereocenters. The van der Waals surface area contributed by atoms with E-state index in [4.69, 9.17) is 9.47 Å². The van der Waals surface area contributed by atoms with Crippen molar-refractivity contribution in [1.82, 2.24) is 0 Å². The molecule has 0 bridgehead atoms. The first kappa shape index (κ1) is 46.8. The molecule has 0 heterocycles. The number of ether oxygens (including phenoxy) is 2. The standard InChI is InChI=1S/C45H72O5/c1-3-5-7-9-11-13-15-17-19-21-22-24-26-28-30-32-34-36-38-40-45(48)50-43(41-46)42-49-44(47)39-37-35-33-31-29-27-25-23-20-18-16-14-12-10-8-6-4-2/h11,13,17-20,22,24-25,27-28,30-31,33-34,36,43,46H,3-10,12,14-16,21,23,26,29,32,35,37-42H2,1-2H3. The summed E-state index contributed by atoms with van der Waals surface area (Å²) in [5.74, 6) is -0.758. The number of aliphatic hydroxyl groups excluding tert-OH is 1. The Labute approximate surface area is 307 Å². The molecule has 0 aromatic heterocycles. The van der Waals surface area contributed by atoms with Crippen molar-refractivity contribution in [3.63, 3.8) is 0 Å². The maximum absolute atomic E-state index is 12.1. The summed E-state index contributed by atoms with van der Waals surface area (Å²) in [5.41, 5.74) is 0. The first-order valence-electron chi connectivity index (χ1n) is 19.8. The van der Waals surface area contributed by atoms with Gasteiger partial charge >= 0.3 is 11.9 Å². The minimum absolute atomic E-state index is 0.128. The Bertz CT molecular complexity index is 1010. The van der Waals surface area contributed by atoms with Crippen LogP contribution < -0.4 is 0 Å². The number of hydrogen-bond donors (Lipinski definition) is 1. The largest absolute Gasteiger partial charge is 0.462 e. The van der Waals surface area contributed by atoms with Gasteiger partial charge in [-0.05, 0) is 83.5 Å². The van der Waals surface area contributed by atoms with E-state index in [0.29, 0.717) is 19.3 Å². The summed E-state index contributed by atoms with van der Waals surface area (Å²) in [4.78, 5) is 24.2. The molecule has 5 heteroatoms. The number of carbonyl (C=O) groups excluding carboxylic acids is 2. The van der Waals surface area contributed by atoms with Crippen LogP contribution in [-0.2, 0) is 19.1 Å². The summed E-state index contributed by atoms with van der Waals surface area (Å²) in [6.45, 7) is 3.97. The van der Waals surface area contributed by atoms with Crippen LogP contribution in [0.5, 0.6) is 0 Å². The lowest BCUT2D eigenvalue weighted by Crippen LogP contribution is -2.28. The van der Waals surface area contributed by atoms with E-state index < -0.39 is 12.1 Å². The van der Waals surface area contributed by atoms with Gasteiger partial charge in [-0.15, -0.1) is 0 Å². The second-order valence-electron chi connectivity index (χ2n) is 12.6. The highest BCUT2D eigenvalue weighted by atomic mass is 16.6. The van der Waals surface area contributed by atoms with Crippen LogP contribution in [0.25, 0.3) is 0 Å². The van der Waals surface area contributed by atoms with E-state index in [1.807, 2.05) is 12.2 Å². The molecule has 282 valence electrons. The Hall–Kier alpha value is -3.18. The van der Waals surface area contributed by atoms with Gasteiger partial charge < -0.3 is 14.6 Å². The number of carbonyl (C=O) groups is 2. The Balaban J connectivity index is 3.81. The molecule has 0 amide bonds. The van der Waals surface area contributed by atoms with Gasteiger partial charge in [0, 0.05) is 12.8 Å². The molecule has 0 rings (SSSR count). The normalized spacial score (nSPS) is 13.3. The molecule has 5 nitrogen and oxygen atoms in total. The summed E-state index contributed by atoms with van der Waals surface area (Å²) in [7, 11) is 0. The van der Waals surface area contributed by atoms with Gasteiger partial charge in [-0.1, -0.05) is 156 Å². The first-order valence-corrected chi connectivity index (χ1v) is 19.8. The minimum atomic E-state index is -0.837. The highest BCUT2D eigenvalue weighted by Crippen LogP contribution is 2.08. The molecule has 0 aliphatic carbocycles. The summed E-state index contributed by atoms with van der Waals surface area (Å²) in [5, 5.41) is 9.54. The number of unbranched alkanes of at least 4 members (excludes halogenated alkanes) is 10. The zero-order valence-corrected chi connectivity index (χ0v) is 31.9. The highest BCUT2D eigenvalue weighted by molar-refractivity contribution is 5.70. The van der Waals surface area contributed by atoms with Gasteiger partial charge in [-0.25, -0.2) is 0 Å². The average molecular weight is 693 g/mol. The molecule has 1 unspecified atom stereocenters. The number of rotatable bonds is 34. The molecule has 0 aliphatic heterocycles. The molecule has 0 saturated carbocycles. The molecule has 0 fully saturated rings. The van der Waals surface area contributed by atoms with Crippen LogP contribution in [0.4, 0.5) is 0 Å². The van der Waals surface area contributed by atoms with Crippen molar-refractivity contribution in [2.75, 3.05) is 13.2 Å². The van der Waals surface area contributed by atoms with Crippen molar-refractivity contribution in [2.45, 2.75) is 161 Å². The molecule has 0 radical (unpaired) electrons. The average Bonchev–Trinajstić information content (AvgIpc) is 3.12. The number of allylic oxidation sites excluding steroid dienone is 16. The van der Waals surface area contributed by atoms with E-state index in [-0.39, 0.29) is 25.6 Å². The van der Waals surface area contributed by atoms with Crippen LogP contribution in [0.2, 0.25) is 0 Å². The van der Waals surface area contributed by atoms with Crippen molar-refractivity contribution in [2.24, 2.45) is 0 Å². The third-order valence-electron chi connectivity index (χ3n) is 7.86. The van der Waals surface area contributed by atoms with Crippen LogP contribution >= 0.6 is 0 Å². The SMILES string of the molecule is CCCCCC=CCC=CCC=CCC=CCC=CCCC(=O)OC(CO)COC(=O)CCCC=CCC=CCC=CCCCCCCCC. The zero-order chi connectivity index (χ0) is 36.4. The van der Waals surface area contributed by atoms with Gasteiger partial charge in [-0.3, -0.25) is 9.59 Å². The van der Waals surface area contributed by atoms with Crippen LogP contribution in [0.15, 0.2) is 97.2 Å². The van der Waals surface area contributed by atoms with Crippen LogP contribution in [0.1, 0.15) is 155 Å². The quantitative estimate of drug-likeness (QED) is 0.0413. The molecular formula is C45H72O5. The van der Waals surface area contributed by atoms with E-state index in [2.05, 4.69) is 98.9 Å². The van der Waals surface area contributed by atoms with Crippen LogP contribution in [0, 0.1) is 0 Å². The lowest BCUT2D eigenvalue weighted by molar-refractivity contribution is -0.161. The van der Waals surface area contributed by atoms with Gasteiger partial charge in [0.15, 0.2) is 6.10 Å².